The first kappa shape index (κ1) is 10.8. The highest BCUT2D eigenvalue weighted by molar-refractivity contribution is 9.10. The van der Waals surface area contributed by atoms with E-state index in [4.69, 9.17) is 11.6 Å². The summed E-state index contributed by atoms with van der Waals surface area (Å²) in [5, 5.41) is 0.289. The van der Waals surface area contributed by atoms with Gasteiger partial charge in [0, 0.05) is 0 Å². The molecule has 1 aromatic carbocycles. The van der Waals surface area contributed by atoms with Gasteiger partial charge in [-0.2, -0.15) is 4.99 Å². The Bertz CT molecular complexity index is 443. The van der Waals surface area contributed by atoms with E-state index >= 15 is 0 Å². The van der Waals surface area contributed by atoms with Crippen LogP contribution in [-0.2, 0) is 10.3 Å². The maximum absolute atomic E-state index is 13.4. The molecule has 0 saturated heterocycles. The third kappa shape index (κ3) is 1.85. The van der Waals surface area contributed by atoms with Gasteiger partial charge in [-0.05, 0) is 46.5 Å². The zero-order valence-electron chi connectivity index (χ0n) is 7.56. The Morgan fingerprint density at radius 1 is 1.53 bits per heavy atom. The van der Waals surface area contributed by atoms with Gasteiger partial charge in [0.2, 0.25) is 6.08 Å². The Labute approximate surface area is 99.3 Å². The predicted molar refractivity (Wildman–Crippen MR) is 58.1 cm³/mol. The summed E-state index contributed by atoms with van der Waals surface area (Å²) in [4.78, 5) is 13.9. The minimum Gasteiger partial charge on any atom is -0.211 e. The van der Waals surface area contributed by atoms with Crippen LogP contribution in [0.25, 0.3) is 0 Å². The van der Waals surface area contributed by atoms with Gasteiger partial charge in [0.1, 0.15) is 5.82 Å². The van der Waals surface area contributed by atoms with Crippen LogP contribution in [0.5, 0.6) is 0 Å². The molecular weight excluding hydrogens is 284 g/mol. The summed E-state index contributed by atoms with van der Waals surface area (Å²) in [6.07, 6.45) is 2.99. The lowest BCUT2D eigenvalue weighted by molar-refractivity contribution is 0.555. The van der Waals surface area contributed by atoms with Crippen LogP contribution >= 0.6 is 27.5 Å². The largest absolute Gasteiger partial charge is 0.235 e. The van der Waals surface area contributed by atoms with Gasteiger partial charge in [-0.15, -0.1) is 0 Å². The number of rotatable bonds is 2. The van der Waals surface area contributed by atoms with Gasteiger partial charge in [0.15, 0.2) is 0 Å². The van der Waals surface area contributed by atoms with E-state index in [1.807, 2.05) is 0 Å². The molecule has 1 aromatic rings. The first-order valence-corrected chi connectivity index (χ1v) is 5.50. The molecular formula is C10H6BrClFNO. The van der Waals surface area contributed by atoms with Gasteiger partial charge >= 0.3 is 0 Å². The van der Waals surface area contributed by atoms with E-state index in [0.717, 1.165) is 12.8 Å². The lowest BCUT2D eigenvalue weighted by Gasteiger charge is -2.09. The topological polar surface area (TPSA) is 29.4 Å². The van der Waals surface area contributed by atoms with Gasteiger partial charge in [0.25, 0.3) is 0 Å². The molecule has 0 heterocycles. The summed E-state index contributed by atoms with van der Waals surface area (Å²) in [6.45, 7) is 0. The highest BCUT2D eigenvalue weighted by atomic mass is 79.9. The highest BCUT2D eigenvalue weighted by Gasteiger charge is 2.45. The molecule has 15 heavy (non-hydrogen) atoms. The number of carbonyl (C=O) groups excluding carboxylic acids is 1. The van der Waals surface area contributed by atoms with Crippen LogP contribution in [0.1, 0.15) is 18.4 Å². The number of hydrogen-bond donors (Lipinski definition) is 0. The average Bonchev–Trinajstić information content (AvgIpc) is 2.95. The molecule has 0 unspecified atom stereocenters. The van der Waals surface area contributed by atoms with Crippen molar-refractivity contribution in [3.05, 3.63) is 33.0 Å². The van der Waals surface area contributed by atoms with Crippen molar-refractivity contribution < 1.29 is 9.18 Å². The van der Waals surface area contributed by atoms with Gasteiger partial charge in [-0.3, -0.25) is 0 Å². The lowest BCUT2D eigenvalue weighted by atomic mass is 10.1. The van der Waals surface area contributed by atoms with Crippen molar-refractivity contribution in [1.82, 2.24) is 0 Å². The number of halogens is 3. The zero-order chi connectivity index (χ0) is 11.1. The lowest BCUT2D eigenvalue weighted by Crippen LogP contribution is -2.03. The number of benzene rings is 1. The van der Waals surface area contributed by atoms with Crippen LogP contribution in [0.2, 0.25) is 5.02 Å². The van der Waals surface area contributed by atoms with Crippen molar-refractivity contribution in [3.63, 3.8) is 0 Å². The van der Waals surface area contributed by atoms with Crippen molar-refractivity contribution in [3.8, 4) is 0 Å². The molecule has 5 heteroatoms. The number of aliphatic imine (C=N–C) groups is 1. The molecule has 1 fully saturated rings. The fraction of sp³-hybridized carbons (Fsp3) is 0.300. The highest BCUT2D eigenvalue weighted by Crippen LogP contribution is 2.50. The normalized spacial score (nSPS) is 17.0. The van der Waals surface area contributed by atoms with Crippen molar-refractivity contribution in [1.29, 1.82) is 0 Å². The van der Waals surface area contributed by atoms with Crippen LogP contribution in [0.3, 0.4) is 0 Å². The third-order valence-electron chi connectivity index (χ3n) is 2.50. The Morgan fingerprint density at radius 2 is 2.20 bits per heavy atom. The Balaban J connectivity index is 2.51. The minimum absolute atomic E-state index is 0.235. The second kappa shape index (κ2) is 3.71. The van der Waals surface area contributed by atoms with Gasteiger partial charge < -0.3 is 0 Å². The molecule has 0 amide bonds. The van der Waals surface area contributed by atoms with Crippen LogP contribution < -0.4 is 0 Å². The molecule has 78 valence electrons. The van der Waals surface area contributed by atoms with E-state index in [9.17, 15) is 9.18 Å². The second-order valence-corrected chi connectivity index (χ2v) is 4.69. The molecule has 0 atom stereocenters. The van der Waals surface area contributed by atoms with Crippen molar-refractivity contribution >= 4 is 33.6 Å². The van der Waals surface area contributed by atoms with E-state index < -0.39 is 11.4 Å². The van der Waals surface area contributed by atoms with E-state index in [2.05, 4.69) is 20.9 Å². The second-order valence-electron chi connectivity index (χ2n) is 3.49. The summed E-state index contributed by atoms with van der Waals surface area (Å²) in [6, 6.07) is 2.98. The number of nitrogens with zero attached hydrogens (tertiary/aromatic N) is 1. The first-order valence-electron chi connectivity index (χ1n) is 4.33. The van der Waals surface area contributed by atoms with Crippen LogP contribution in [0, 0.1) is 5.82 Å². The molecule has 0 N–H and O–H groups in total. The molecule has 1 aliphatic carbocycles. The first-order chi connectivity index (χ1) is 7.09. The van der Waals surface area contributed by atoms with E-state index in [0.29, 0.717) is 5.56 Å². The van der Waals surface area contributed by atoms with Crippen LogP contribution in [0.4, 0.5) is 4.39 Å². The molecule has 1 aliphatic rings. The smallest absolute Gasteiger partial charge is 0.211 e. The molecule has 0 spiro atoms. The van der Waals surface area contributed by atoms with Crippen molar-refractivity contribution in [2.45, 2.75) is 18.4 Å². The monoisotopic (exact) mass is 289 g/mol. The average molecular weight is 291 g/mol. The standard InChI is InChI=1S/C10H6BrClFNO/c11-9-7(12)3-6(4-8(9)13)10(1-2-10)14-5-15/h3-4H,1-2H2. The van der Waals surface area contributed by atoms with Crippen molar-refractivity contribution in [2.75, 3.05) is 0 Å². The van der Waals surface area contributed by atoms with Gasteiger partial charge in [-0.25, -0.2) is 9.18 Å². The molecule has 2 rings (SSSR count). The zero-order valence-corrected chi connectivity index (χ0v) is 9.90. The Morgan fingerprint density at radius 3 is 2.67 bits per heavy atom. The molecule has 0 aromatic heterocycles. The van der Waals surface area contributed by atoms with Crippen LogP contribution in [-0.4, -0.2) is 6.08 Å². The van der Waals surface area contributed by atoms with Crippen molar-refractivity contribution in [2.24, 2.45) is 4.99 Å². The summed E-state index contributed by atoms with van der Waals surface area (Å²) >= 11 is 8.85. The van der Waals surface area contributed by atoms with Gasteiger partial charge in [0.05, 0.1) is 15.0 Å². The molecule has 0 radical (unpaired) electrons. The Kier molecular flexibility index (Phi) is 2.67. The van der Waals surface area contributed by atoms with E-state index in [1.165, 1.54) is 12.1 Å². The maximum Gasteiger partial charge on any atom is 0.235 e. The van der Waals surface area contributed by atoms with Crippen LogP contribution in [0.15, 0.2) is 21.6 Å². The number of isocyanates is 1. The van der Waals surface area contributed by atoms with Gasteiger partial charge in [-0.1, -0.05) is 11.6 Å². The molecule has 2 nitrogen and oxygen atoms in total. The predicted octanol–water partition coefficient (Wildman–Crippen LogP) is 3.57. The summed E-state index contributed by atoms with van der Waals surface area (Å²) in [5.74, 6) is -0.440. The van der Waals surface area contributed by atoms with E-state index in [1.54, 1.807) is 6.07 Å². The fourth-order valence-corrected chi connectivity index (χ4v) is 1.93. The summed E-state index contributed by atoms with van der Waals surface area (Å²) in [7, 11) is 0. The molecule has 0 aliphatic heterocycles. The third-order valence-corrected chi connectivity index (χ3v) is 3.84. The quantitative estimate of drug-likeness (QED) is 0.465. The minimum atomic E-state index is -0.576. The number of hydrogen-bond acceptors (Lipinski definition) is 2. The summed E-state index contributed by atoms with van der Waals surface area (Å²) < 4.78 is 13.6. The summed E-state index contributed by atoms with van der Waals surface area (Å²) in [5.41, 5.74) is 0.0592. The molecule has 1 saturated carbocycles. The SMILES string of the molecule is O=C=NC1(c2cc(F)c(Br)c(Cl)c2)CC1. The Hall–Kier alpha value is -0.700. The maximum atomic E-state index is 13.4. The fourth-order valence-electron chi connectivity index (χ4n) is 1.49. The molecule has 0 bridgehead atoms. The van der Waals surface area contributed by atoms with E-state index in [-0.39, 0.29) is 9.50 Å².